The van der Waals surface area contributed by atoms with Gasteiger partial charge in [0.25, 0.3) is 5.91 Å². The Morgan fingerprint density at radius 2 is 2.25 bits per heavy atom. The zero-order chi connectivity index (χ0) is 14.5. The zero-order valence-electron chi connectivity index (χ0n) is 10.6. The molecule has 0 fully saturated rings. The van der Waals surface area contributed by atoms with Crippen LogP contribution in [0.1, 0.15) is 15.9 Å². The van der Waals surface area contributed by atoms with Gasteiger partial charge in [0.1, 0.15) is 5.82 Å². The van der Waals surface area contributed by atoms with Gasteiger partial charge in [-0.25, -0.2) is 14.2 Å². The Morgan fingerprint density at radius 1 is 1.45 bits per heavy atom. The molecule has 0 aliphatic heterocycles. The van der Waals surface area contributed by atoms with Gasteiger partial charge in [-0.3, -0.25) is 10.1 Å². The van der Waals surface area contributed by atoms with Crippen LogP contribution < -0.4 is 5.32 Å². The summed E-state index contributed by atoms with van der Waals surface area (Å²) in [5, 5.41) is 4.60. The Bertz CT molecular complexity index is 629. The molecule has 0 unspecified atom stereocenters. The van der Waals surface area contributed by atoms with Crippen molar-refractivity contribution in [3.63, 3.8) is 0 Å². The van der Waals surface area contributed by atoms with Crippen molar-refractivity contribution in [3.05, 3.63) is 46.7 Å². The van der Waals surface area contributed by atoms with Crippen molar-refractivity contribution < 1.29 is 18.7 Å². The van der Waals surface area contributed by atoms with Crippen LogP contribution in [-0.2, 0) is 9.53 Å². The Balaban J connectivity index is 1.88. The molecule has 0 saturated heterocycles. The molecule has 0 aliphatic carbocycles. The summed E-state index contributed by atoms with van der Waals surface area (Å²) in [4.78, 5) is 27.0. The van der Waals surface area contributed by atoms with Crippen LogP contribution in [0.2, 0.25) is 0 Å². The Morgan fingerprint density at radius 3 is 2.90 bits per heavy atom. The van der Waals surface area contributed by atoms with Crippen LogP contribution in [0.25, 0.3) is 0 Å². The SMILES string of the molecule is Cc1ccc(C(=O)OCC(=O)Nc2nccs2)cc1F. The van der Waals surface area contributed by atoms with E-state index in [0.29, 0.717) is 10.7 Å². The molecule has 0 radical (unpaired) electrons. The molecule has 1 amide bonds. The van der Waals surface area contributed by atoms with E-state index in [1.807, 2.05) is 0 Å². The highest BCUT2D eigenvalue weighted by atomic mass is 32.1. The summed E-state index contributed by atoms with van der Waals surface area (Å²) < 4.78 is 18.1. The van der Waals surface area contributed by atoms with E-state index in [1.54, 1.807) is 18.5 Å². The molecule has 5 nitrogen and oxygen atoms in total. The van der Waals surface area contributed by atoms with Gasteiger partial charge in [0.2, 0.25) is 0 Å². The van der Waals surface area contributed by atoms with Gasteiger partial charge in [0, 0.05) is 11.6 Å². The van der Waals surface area contributed by atoms with E-state index in [0.717, 1.165) is 6.07 Å². The molecule has 2 aromatic rings. The van der Waals surface area contributed by atoms with Crippen LogP contribution in [0.4, 0.5) is 9.52 Å². The van der Waals surface area contributed by atoms with E-state index in [9.17, 15) is 14.0 Å². The Hall–Kier alpha value is -2.28. The van der Waals surface area contributed by atoms with E-state index in [2.05, 4.69) is 10.3 Å². The van der Waals surface area contributed by atoms with Crippen molar-refractivity contribution in [2.45, 2.75) is 6.92 Å². The number of carbonyl (C=O) groups is 2. The molecule has 0 bridgehead atoms. The number of aromatic nitrogens is 1. The predicted molar refractivity (Wildman–Crippen MR) is 72.2 cm³/mol. The number of anilines is 1. The molecule has 1 aromatic heterocycles. The van der Waals surface area contributed by atoms with Gasteiger partial charge >= 0.3 is 5.97 Å². The highest BCUT2D eigenvalue weighted by Gasteiger charge is 2.12. The third kappa shape index (κ3) is 3.61. The van der Waals surface area contributed by atoms with Gasteiger partial charge in [0.15, 0.2) is 11.7 Å². The number of esters is 1. The van der Waals surface area contributed by atoms with Crippen molar-refractivity contribution in [2.75, 3.05) is 11.9 Å². The molecule has 2 rings (SSSR count). The molecular weight excluding hydrogens is 283 g/mol. The minimum atomic E-state index is -0.752. The van der Waals surface area contributed by atoms with E-state index in [4.69, 9.17) is 4.74 Å². The van der Waals surface area contributed by atoms with E-state index < -0.39 is 24.3 Å². The van der Waals surface area contributed by atoms with Gasteiger partial charge in [-0.2, -0.15) is 0 Å². The summed E-state index contributed by atoms with van der Waals surface area (Å²) >= 11 is 1.25. The first kappa shape index (κ1) is 14.1. The summed E-state index contributed by atoms with van der Waals surface area (Å²) in [6.07, 6.45) is 1.54. The van der Waals surface area contributed by atoms with E-state index >= 15 is 0 Å². The first-order chi connectivity index (χ1) is 9.56. The molecule has 0 atom stereocenters. The average Bonchev–Trinajstić information content (AvgIpc) is 2.92. The minimum Gasteiger partial charge on any atom is -0.452 e. The lowest BCUT2D eigenvalue weighted by Crippen LogP contribution is -2.20. The quantitative estimate of drug-likeness (QED) is 0.879. The van der Waals surface area contributed by atoms with Crippen molar-refractivity contribution >= 4 is 28.3 Å². The third-order valence-corrected chi connectivity index (χ3v) is 3.11. The molecule has 104 valence electrons. The standard InChI is InChI=1S/C13H11FN2O3S/c1-8-2-3-9(6-10(8)14)12(18)19-7-11(17)16-13-15-4-5-20-13/h2-6H,7H2,1H3,(H,15,16,17). The highest BCUT2D eigenvalue weighted by molar-refractivity contribution is 7.13. The van der Waals surface area contributed by atoms with Gasteiger partial charge in [-0.05, 0) is 24.6 Å². The summed E-state index contributed by atoms with van der Waals surface area (Å²) in [5.41, 5.74) is 0.498. The third-order valence-electron chi connectivity index (χ3n) is 2.42. The molecule has 0 spiro atoms. The highest BCUT2D eigenvalue weighted by Crippen LogP contribution is 2.11. The maximum absolute atomic E-state index is 13.3. The number of rotatable bonds is 4. The van der Waals surface area contributed by atoms with Crippen molar-refractivity contribution in [3.8, 4) is 0 Å². The predicted octanol–water partition coefficient (Wildman–Crippen LogP) is 2.39. The minimum absolute atomic E-state index is 0.0650. The summed E-state index contributed by atoms with van der Waals surface area (Å²) in [5.74, 6) is -1.74. The van der Waals surface area contributed by atoms with Crippen LogP contribution in [0, 0.1) is 12.7 Å². The van der Waals surface area contributed by atoms with Gasteiger partial charge in [-0.1, -0.05) is 6.07 Å². The summed E-state index contributed by atoms with van der Waals surface area (Å²) in [6, 6.07) is 4.00. The number of ether oxygens (including phenoxy) is 1. The second-order valence-electron chi connectivity index (χ2n) is 3.93. The molecule has 1 heterocycles. The van der Waals surface area contributed by atoms with Gasteiger partial charge in [-0.15, -0.1) is 11.3 Å². The first-order valence-corrected chi connectivity index (χ1v) is 6.57. The van der Waals surface area contributed by atoms with Crippen molar-refractivity contribution in [1.82, 2.24) is 4.98 Å². The summed E-state index contributed by atoms with van der Waals surface area (Å²) in [6.45, 7) is 1.14. The van der Waals surface area contributed by atoms with Crippen molar-refractivity contribution in [2.24, 2.45) is 0 Å². The van der Waals surface area contributed by atoms with Crippen LogP contribution in [-0.4, -0.2) is 23.5 Å². The fourth-order valence-corrected chi connectivity index (χ4v) is 1.92. The maximum atomic E-state index is 13.3. The summed E-state index contributed by atoms with van der Waals surface area (Å²) in [7, 11) is 0. The lowest BCUT2D eigenvalue weighted by molar-refractivity contribution is -0.119. The number of aryl methyl sites for hydroxylation is 1. The molecule has 0 aliphatic rings. The monoisotopic (exact) mass is 294 g/mol. The number of hydrogen-bond acceptors (Lipinski definition) is 5. The topological polar surface area (TPSA) is 68.3 Å². The fraction of sp³-hybridized carbons (Fsp3) is 0.154. The zero-order valence-corrected chi connectivity index (χ0v) is 11.4. The number of benzene rings is 1. The second kappa shape index (κ2) is 6.25. The normalized spacial score (nSPS) is 10.1. The molecular formula is C13H11FN2O3S. The largest absolute Gasteiger partial charge is 0.452 e. The second-order valence-corrected chi connectivity index (χ2v) is 4.82. The number of thiazole rings is 1. The molecule has 1 aromatic carbocycles. The van der Waals surface area contributed by atoms with Crippen LogP contribution in [0.5, 0.6) is 0 Å². The smallest absolute Gasteiger partial charge is 0.338 e. The maximum Gasteiger partial charge on any atom is 0.338 e. The fourth-order valence-electron chi connectivity index (χ4n) is 1.37. The lowest BCUT2D eigenvalue weighted by atomic mass is 10.1. The van der Waals surface area contributed by atoms with Crippen LogP contribution >= 0.6 is 11.3 Å². The first-order valence-electron chi connectivity index (χ1n) is 5.69. The van der Waals surface area contributed by atoms with Gasteiger partial charge in [0.05, 0.1) is 5.56 Å². The molecule has 0 saturated carbocycles. The number of nitrogens with one attached hydrogen (secondary N) is 1. The van der Waals surface area contributed by atoms with E-state index in [1.165, 1.54) is 23.5 Å². The lowest BCUT2D eigenvalue weighted by Gasteiger charge is -2.05. The van der Waals surface area contributed by atoms with Gasteiger partial charge < -0.3 is 4.74 Å². The van der Waals surface area contributed by atoms with E-state index in [-0.39, 0.29) is 5.56 Å². The Kier molecular flexibility index (Phi) is 4.41. The number of hydrogen-bond donors (Lipinski definition) is 1. The number of nitrogens with zero attached hydrogens (tertiary/aromatic N) is 1. The van der Waals surface area contributed by atoms with Crippen molar-refractivity contribution in [1.29, 1.82) is 0 Å². The number of carbonyl (C=O) groups excluding carboxylic acids is 2. The Labute approximate surface area is 118 Å². The molecule has 20 heavy (non-hydrogen) atoms. The van der Waals surface area contributed by atoms with Crippen LogP contribution in [0.3, 0.4) is 0 Å². The average molecular weight is 294 g/mol. The molecule has 1 N–H and O–H groups in total. The number of amides is 1. The molecule has 7 heteroatoms. The van der Waals surface area contributed by atoms with Crippen LogP contribution in [0.15, 0.2) is 29.8 Å². The number of halogens is 1.